The fraction of sp³-hybridized carbons (Fsp3) is 0.200. The molecule has 3 aromatic rings. The molecule has 1 aliphatic heterocycles. The first kappa shape index (κ1) is 21.4. The van der Waals surface area contributed by atoms with E-state index in [0.717, 1.165) is 33.6 Å². The van der Waals surface area contributed by atoms with Crippen molar-refractivity contribution < 1.29 is 14.7 Å². The fourth-order valence-electron chi connectivity index (χ4n) is 4.00. The molecule has 0 fully saturated rings. The van der Waals surface area contributed by atoms with Gasteiger partial charge in [0.15, 0.2) is 0 Å². The summed E-state index contributed by atoms with van der Waals surface area (Å²) in [5.41, 5.74) is 6.70. The van der Waals surface area contributed by atoms with Gasteiger partial charge in [-0.2, -0.15) is 0 Å². The summed E-state index contributed by atoms with van der Waals surface area (Å²) in [5, 5.41) is 18.6. The Morgan fingerprint density at radius 1 is 1.09 bits per heavy atom. The smallest absolute Gasteiger partial charge is 0.256 e. The van der Waals surface area contributed by atoms with Crippen LogP contribution in [0, 0.1) is 13.8 Å². The molecule has 164 valence electrons. The number of fused-ring (bicyclic) bond motifs is 1. The van der Waals surface area contributed by atoms with Gasteiger partial charge in [-0.25, -0.2) is 0 Å². The lowest BCUT2D eigenvalue weighted by Crippen LogP contribution is -2.30. The van der Waals surface area contributed by atoms with Crippen LogP contribution in [0.5, 0.6) is 5.75 Å². The van der Waals surface area contributed by atoms with Crippen LogP contribution in [0.15, 0.2) is 42.5 Å². The molecule has 2 aromatic carbocycles. The van der Waals surface area contributed by atoms with E-state index < -0.39 is 0 Å². The third-order valence-electron chi connectivity index (χ3n) is 5.63. The second kappa shape index (κ2) is 8.72. The molecule has 32 heavy (non-hydrogen) atoms. The molecule has 5 N–H and O–H groups in total. The van der Waals surface area contributed by atoms with Crippen molar-refractivity contribution in [2.24, 2.45) is 0 Å². The minimum atomic E-state index is -0.195. The summed E-state index contributed by atoms with van der Waals surface area (Å²) in [6, 6.07) is 12.7. The predicted molar refractivity (Wildman–Crippen MR) is 127 cm³/mol. The lowest BCUT2D eigenvalue weighted by molar-refractivity contribution is -0.110. The summed E-state index contributed by atoms with van der Waals surface area (Å²) in [7, 11) is 1.83. The Kier molecular flexibility index (Phi) is 5.83. The van der Waals surface area contributed by atoms with Crippen molar-refractivity contribution in [2.45, 2.75) is 13.8 Å². The third kappa shape index (κ3) is 4.02. The van der Waals surface area contributed by atoms with Gasteiger partial charge in [0.25, 0.3) is 11.8 Å². The lowest BCUT2D eigenvalue weighted by atomic mass is 9.99. The molecule has 0 saturated heterocycles. The number of aromatic amines is 1. The SMILES string of the molecule is CNCCNC(=O)c1c(C)[nH]c(/C=C2\C(=O)Nc3cc(-c4cccc(O)c4)ccc32)c1C. The Balaban J connectivity index is 1.66. The molecule has 7 heteroatoms. The maximum absolute atomic E-state index is 12.7. The van der Waals surface area contributed by atoms with E-state index in [1.54, 1.807) is 24.3 Å². The van der Waals surface area contributed by atoms with Crippen LogP contribution in [0.2, 0.25) is 0 Å². The number of benzene rings is 2. The summed E-state index contributed by atoms with van der Waals surface area (Å²) in [6.45, 7) is 4.95. The molecule has 0 spiro atoms. The largest absolute Gasteiger partial charge is 0.508 e. The van der Waals surface area contributed by atoms with Gasteiger partial charge in [0.05, 0.1) is 11.1 Å². The Hall–Kier alpha value is -3.84. The van der Waals surface area contributed by atoms with Crippen molar-refractivity contribution >= 4 is 29.2 Å². The van der Waals surface area contributed by atoms with Crippen LogP contribution in [-0.4, -0.2) is 42.0 Å². The molecule has 0 atom stereocenters. The number of likely N-dealkylation sites (N-methyl/N-ethyl adjacent to an activating group) is 1. The first-order valence-electron chi connectivity index (χ1n) is 10.5. The van der Waals surface area contributed by atoms with E-state index in [4.69, 9.17) is 0 Å². The molecule has 1 aliphatic rings. The molecule has 0 aliphatic carbocycles. The fourth-order valence-corrected chi connectivity index (χ4v) is 4.00. The number of rotatable bonds is 6. The van der Waals surface area contributed by atoms with Gasteiger partial charge < -0.3 is 26.0 Å². The van der Waals surface area contributed by atoms with Gasteiger partial charge in [-0.15, -0.1) is 0 Å². The van der Waals surface area contributed by atoms with E-state index in [1.165, 1.54) is 0 Å². The molecule has 0 bridgehead atoms. The van der Waals surface area contributed by atoms with Gasteiger partial charge >= 0.3 is 0 Å². The first-order chi connectivity index (χ1) is 15.4. The van der Waals surface area contributed by atoms with Crippen LogP contribution in [0.4, 0.5) is 5.69 Å². The number of amides is 2. The molecule has 0 saturated carbocycles. The summed E-state index contributed by atoms with van der Waals surface area (Å²) in [4.78, 5) is 28.6. The average Bonchev–Trinajstić information content (AvgIpc) is 3.22. The average molecular weight is 431 g/mol. The van der Waals surface area contributed by atoms with Crippen LogP contribution in [0.25, 0.3) is 22.8 Å². The van der Waals surface area contributed by atoms with Crippen molar-refractivity contribution in [3.8, 4) is 16.9 Å². The van der Waals surface area contributed by atoms with Crippen molar-refractivity contribution in [1.29, 1.82) is 0 Å². The van der Waals surface area contributed by atoms with Crippen LogP contribution >= 0.6 is 0 Å². The number of H-pyrrole nitrogens is 1. The number of hydrogen-bond acceptors (Lipinski definition) is 4. The second-order valence-corrected chi connectivity index (χ2v) is 7.85. The number of aromatic hydroxyl groups is 1. The highest BCUT2D eigenvalue weighted by atomic mass is 16.3. The van der Waals surface area contributed by atoms with E-state index in [9.17, 15) is 14.7 Å². The summed E-state index contributed by atoms with van der Waals surface area (Å²) < 4.78 is 0. The van der Waals surface area contributed by atoms with E-state index in [2.05, 4.69) is 20.9 Å². The van der Waals surface area contributed by atoms with Gasteiger partial charge in [-0.3, -0.25) is 9.59 Å². The van der Waals surface area contributed by atoms with Crippen LogP contribution in [0.3, 0.4) is 0 Å². The number of carbonyl (C=O) groups is 2. The number of carbonyl (C=O) groups excluding carboxylic acids is 2. The Morgan fingerprint density at radius 2 is 1.88 bits per heavy atom. The predicted octanol–water partition coefficient (Wildman–Crippen LogP) is 3.45. The maximum atomic E-state index is 12.7. The summed E-state index contributed by atoms with van der Waals surface area (Å²) in [5.74, 6) is -0.140. The van der Waals surface area contributed by atoms with Gasteiger partial charge in [-0.1, -0.05) is 24.3 Å². The Morgan fingerprint density at radius 3 is 2.62 bits per heavy atom. The number of hydrogen-bond donors (Lipinski definition) is 5. The minimum absolute atomic E-state index is 0.136. The quantitative estimate of drug-likeness (QED) is 0.305. The Labute approximate surface area is 186 Å². The van der Waals surface area contributed by atoms with Gasteiger partial charge in [0.1, 0.15) is 5.75 Å². The third-order valence-corrected chi connectivity index (χ3v) is 5.63. The number of anilines is 1. The molecular weight excluding hydrogens is 404 g/mol. The molecule has 2 amide bonds. The number of phenolic OH excluding ortho intramolecular Hbond substituents is 1. The van der Waals surface area contributed by atoms with Crippen molar-refractivity contribution in [3.63, 3.8) is 0 Å². The van der Waals surface area contributed by atoms with Crippen LogP contribution < -0.4 is 16.0 Å². The van der Waals surface area contributed by atoms with E-state index in [0.29, 0.717) is 29.9 Å². The van der Waals surface area contributed by atoms with E-state index in [1.807, 2.05) is 45.2 Å². The van der Waals surface area contributed by atoms with Crippen LogP contribution in [0.1, 0.15) is 32.9 Å². The standard InChI is InChI=1S/C25H26N4O3/c1-14-21(28-15(2)23(14)25(32)27-10-9-26-3)13-20-19-8-7-17(12-22(19)29-24(20)31)16-5-4-6-18(30)11-16/h4-8,11-13,26,28,30H,9-10H2,1-3H3,(H,27,32)(H,29,31)/b20-13-. The zero-order chi connectivity index (χ0) is 22.8. The normalized spacial score (nSPS) is 13.8. The second-order valence-electron chi connectivity index (χ2n) is 7.85. The number of aromatic nitrogens is 1. The molecular formula is C25H26N4O3. The number of nitrogens with one attached hydrogen (secondary N) is 4. The van der Waals surface area contributed by atoms with E-state index in [-0.39, 0.29) is 17.6 Å². The van der Waals surface area contributed by atoms with Crippen molar-refractivity contribution in [1.82, 2.24) is 15.6 Å². The highest BCUT2D eigenvalue weighted by molar-refractivity contribution is 6.35. The Bertz CT molecular complexity index is 1240. The number of phenols is 1. The molecule has 0 radical (unpaired) electrons. The molecule has 4 rings (SSSR count). The minimum Gasteiger partial charge on any atom is -0.508 e. The molecule has 7 nitrogen and oxygen atoms in total. The molecule has 1 aromatic heterocycles. The van der Waals surface area contributed by atoms with Gasteiger partial charge in [0, 0.05) is 35.7 Å². The monoisotopic (exact) mass is 430 g/mol. The molecule has 0 unspecified atom stereocenters. The lowest BCUT2D eigenvalue weighted by Gasteiger charge is -2.06. The topological polar surface area (TPSA) is 106 Å². The van der Waals surface area contributed by atoms with Crippen LogP contribution in [-0.2, 0) is 4.79 Å². The highest BCUT2D eigenvalue weighted by Gasteiger charge is 2.26. The van der Waals surface area contributed by atoms with Crippen molar-refractivity contribution in [2.75, 3.05) is 25.5 Å². The van der Waals surface area contributed by atoms with E-state index >= 15 is 0 Å². The molecule has 2 heterocycles. The maximum Gasteiger partial charge on any atom is 0.256 e. The number of aryl methyl sites for hydroxylation is 1. The zero-order valence-corrected chi connectivity index (χ0v) is 18.3. The van der Waals surface area contributed by atoms with Crippen molar-refractivity contribution in [3.05, 3.63) is 70.5 Å². The van der Waals surface area contributed by atoms with Gasteiger partial charge in [0.2, 0.25) is 0 Å². The van der Waals surface area contributed by atoms with Gasteiger partial charge in [-0.05, 0) is 61.9 Å². The first-order valence-corrected chi connectivity index (χ1v) is 10.5. The highest BCUT2D eigenvalue weighted by Crippen LogP contribution is 2.37. The zero-order valence-electron chi connectivity index (χ0n) is 18.3. The summed E-state index contributed by atoms with van der Waals surface area (Å²) in [6.07, 6.45) is 1.79. The summed E-state index contributed by atoms with van der Waals surface area (Å²) >= 11 is 0.